The predicted molar refractivity (Wildman–Crippen MR) is 220 cm³/mol. The minimum Gasteiger partial charge on any atom is -0.309 e. The highest BCUT2D eigenvalue weighted by Crippen LogP contribution is 2.47. The molecule has 0 N–H and O–H groups in total. The van der Waals surface area contributed by atoms with Crippen LogP contribution in [-0.4, -0.2) is 0 Å². The maximum atomic E-state index is 2.48. The second-order valence-corrected chi connectivity index (χ2v) is 13.3. The van der Waals surface area contributed by atoms with E-state index in [1.807, 2.05) is 0 Å². The molecular weight excluding hydrogens is 615 g/mol. The van der Waals surface area contributed by atoms with Crippen LogP contribution in [-0.2, 0) is 0 Å². The van der Waals surface area contributed by atoms with Crippen molar-refractivity contribution in [2.24, 2.45) is 0 Å². The summed E-state index contributed by atoms with van der Waals surface area (Å²) in [4.78, 5) is 2.48. The van der Waals surface area contributed by atoms with Crippen LogP contribution in [0.5, 0.6) is 0 Å². The van der Waals surface area contributed by atoms with Gasteiger partial charge in [-0.1, -0.05) is 170 Å². The standard InChI is InChI=1S/C50H33N/c1-2-15-35(16-3-1)39-30-31-50(47-24-11-10-19-41(39)47)51(49-25-13-12-18-40(49)37-27-26-34-14-4-5-17-36(34)32-37)38-28-29-46-44-22-7-6-20-42(44)43-21-8-9-23-45(43)48(46)33-38/h1-33H. The van der Waals surface area contributed by atoms with E-state index in [1.54, 1.807) is 0 Å². The molecule has 0 aliphatic heterocycles. The fraction of sp³-hybridized carbons (Fsp3) is 0. The normalized spacial score (nSPS) is 11.5. The topological polar surface area (TPSA) is 3.24 Å². The molecule has 1 heteroatoms. The molecule has 0 atom stereocenters. The molecule has 51 heavy (non-hydrogen) atoms. The Morgan fingerprint density at radius 3 is 1.57 bits per heavy atom. The highest BCUT2D eigenvalue weighted by Gasteiger charge is 2.21. The molecule has 0 bridgehead atoms. The monoisotopic (exact) mass is 647 g/mol. The Morgan fingerprint density at radius 1 is 0.255 bits per heavy atom. The van der Waals surface area contributed by atoms with E-state index in [0.29, 0.717) is 0 Å². The molecule has 1 nitrogen and oxygen atoms in total. The Kier molecular flexibility index (Phi) is 6.89. The number of fused-ring (bicyclic) bond motifs is 8. The summed E-state index contributed by atoms with van der Waals surface area (Å²) < 4.78 is 0. The summed E-state index contributed by atoms with van der Waals surface area (Å²) in [6.45, 7) is 0. The first-order chi connectivity index (χ1) is 25.3. The maximum absolute atomic E-state index is 2.48. The number of para-hydroxylation sites is 1. The molecule has 10 rings (SSSR count). The van der Waals surface area contributed by atoms with Crippen LogP contribution in [0.4, 0.5) is 17.1 Å². The van der Waals surface area contributed by atoms with Gasteiger partial charge in [-0.15, -0.1) is 0 Å². The minimum atomic E-state index is 1.12. The molecule has 0 aliphatic carbocycles. The number of hydrogen-bond acceptors (Lipinski definition) is 1. The third-order valence-electron chi connectivity index (χ3n) is 10.4. The number of anilines is 3. The first-order valence-corrected chi connectivity index (χ1v) is 17.6. The van der Waals surface area contributed by atoms with E-state index in [1.165, 1.54) is 76.1 Å². The SMILES string of the molecule is c1ccc(-c2ccc(N(c3ccc4c5ccccc5c5ccccc5c4c3)c3ccccc3-c3ccc4ccccc4c3)c3ccccc23)cc1. The van der Waals surface area contributed by atoms with E-state index < -0.39 is 0 Å². The van der Waals surface area contributed by atoms with E-state index in [2.05, 4.69) is 205 Å². The molecule has 0 saturated carbocycles. The second-order valence-electron chi connectivity index (χ2n) is 13.3. The van der Waals surface area contributed by atoms with Gasteiger partial charge >= 0.3 is 0 Å². The van der Waals surface area contributed by atoms with E-state index in [-0.39, 0.29) is 0 Å². The van der Waals surface area contributed by atoms with Gasteiger partial charge in [0.05, 0.1) is 11.4 Å². The highest BCUT2D eigenvalue weighted by atomic mass is 15.1. The van der Waals surface area contributed by atoms with Crippen molar-refractivity contribution in [3.05, 3.63) is 200 Å². The van der Waals surface area contributed by atoms with Gasteiger partial charge in [0.2, 0.25) is 0 Å². The van der Waals surface area contributed by atoms with Crippen molar-refractivity contribution >= 4 is 70.9 Å². The van der Waals surface area contributed by atoms with Crippen molar-refractivity contribution < 1.29 is 0 Å². The van der Waals surface area contributed by atoms with E-state index >= 15 is 0 Å². The average Bonchev–Trinajstić information content (AvgIpc) is 3.21. The molecule has 10 aromatic carbocycles. The van der Waals surface area contributed by atoms with Crippen molar-refractivity contribution in [3.63, 3.8) is 0 Å². The molecule has 0 unspecified atom stereocenters. The minimum absolute atomic E-state index is 1.12. The van der Waals surface area contributed by atoms with Gasteiger partial charge in [0.25, 0.3) is 0 Å². The Morgan fingerprint density at radius 2 is 0.824 bits per heavy atom. The Hall–Kier alpha value is -6.70. The lowest BCUT2D eigenvalue weighted by Crippen LogP contribution is -2.12. The van der Waals surface area contributed by atoms with Gasteiger partial charge in [0.15, 0.2) is 0 Å². The summed E-state index contributed by atoms with van der Waals surface area (Å²) in [5.74, 6) is 0. The average molecular weight is 648 g/mol. The lowest BCUT2D eigenvalue weighted by molar-refractivity contribution is 1.30. The number of benzene rings is 10. The molecule has 0 radical (unpaired) electrons. The van der Waals surface area contributed by atoms with Gasteiger partial charge in [-0.25, -0.2) is 0 Å². The summed E-state index contributed by atoms with van der Waals surface area (Å²) in [6, 6.07) is 73.1. The summed E-state index contributed by atoms with van der Waals surface area (Å²) in [5, 5.41) is 12.5. The summed E-state index contributed by atoms with van der Waals surface area (Å²) in [6.07, 6.45) is 0. The van der Waals surface area contributed by atoms with E-state index in [0.717, 1.165) is 17.1 Å². The summed E-state index contributed by atoms with van der Waals surface area (Å²) in [7, 11) is 0. The predicted octanol–water partition coefficient (Wildman–Crippen LogP) is 14.3. The van der Waals surface area contributed by atoms with Gasteiger partial charge in [-0.2, -0.15) is 0 Å². The number of hydrogen-bond donors (Lipinski definition) is 0. The fourth-order valence-electron chi connectivity index (χ4n) is 8.06. The lowest BCUT2D eigenvalue weighted by Gasteiger charge is -2.30. The van der Waals surface area contributed by atoms with Crippen LogP contribution in [0.1, 0.15) is 0 Å². The van der Waals surface area contributed by atoms with Crippen molar-refractivity contribution in [2.75, 3.05) is 4.90 Å². The molecule has 0 heterocycles. The zero-order valence-electron chi connectivity index (χ0n) is 28.0. The Labute approximate surface area is 297 Å². The molecule has 0 saturated heterocycles. The maximum Gasteiger partial charge on any atom is 0.0540 e. The van der Waals surface area contributed by atoms with Gasteiger partial charge in [-0.05, 0) is 95.5 Å². The summed E-state index contributed by atoms with van der Waals surface area (Å²) in [5.41, 5.74) is 8.22. The molecular formula is C50H33N. The van der Waals surface area contributed by atoms with Crippen molar-refractivity contribution in [1.29, 1.82) is 0 Å². The Bertz CT molecular complexity index is 2890. The van der Waals surface area contributed by atoms with Crippen LogP contribution in [0.25, 0.3) is 76.1 Å². The van der Waals surface area contributed by atoms with Crippen LogP contribution < -0.4 is 4.90 Å². The highest BCUT2D eigenvalue weighted by molar-refractivity contribution is 6.26. The van der Waals surface area contributed by atoms with Crippen molar-refractivity contribution in [3.8, 4) is 22.3 Å². The second kappa shape index (κ2) is 12.0. The third-order valence-corrected chi connectivity index (χ3v) is 10.4. The summed E-state index contributed by atoms with van der Waals surface area (Å²) >= 11 is 0. The molecule has 0 aliphatic rings. The van der Waals surface area contributed by atoms with Gasteiger partial charge in [-0.3, -0.25) is 0 Å². The van der Waals surface area contributed by atoms with E-state index in [4.69, 9.17) is 0 Å². The van der Waals surface area contributed by atoms with Crippen molar-refractivity contribution in [2.45, 2.75) is 0 Å². The van der Waals surface area contributed by atoms with Crippen LogP contribution >= 0.6 is 0 Å². The fourth-order valence-corrected chi connectivity index (χ4v) is 8.06. The zero-order chi connectivity index (χ0) is 33.7. The van der Waals surface area contributed by atoms with Gasteiger partial charge in [0.1, 0.15) is 0 Å². The lowest BCUT2D eigenvalue weighted by atomic mass is 9.93. The molecule has 10 aromatic rings. The molecule has 238 valence electrons. The quantitative estimate of drug-likeness (QED) is 0.168. The smallest absolute Gasteiger partial charge is 0.0540 e. The van der Waals surface area contributed by atoms with Crippen LogP contribution in [0.2, 0.25) is 0 Å². The molecule has 0 amide bonds. The first-order valence-electron chi connectivity index (χ1n) is 17.6. The number of rotatable bonds is 5. The molecule has 0 spiro atoms. The largest absolute Gasteiger partial charge is 0.309 e. The zero-order valence-corrected chi connectivity index (χ0v) is 28.0. The van der Waals surface area contributed by atoms with Gasteiger partial charge < -0.3 is 4.90 Å². The molecule has 0 fully saturated rings. The third kappa shape index (κ3) is 4.86. The van der Waals surface area contributed by atoms with Crippen molar-refractivity contribution in [1.82, 2.24) is 0 Å². The Balaban J connectivity index is 1.28. The van der Waals surface area contributed by atoms with Crippen LogP contribution in [0, 0.1) is 0 Å². The van der Waals surface area contributed by atoms with Gasteiger partial charge in [0, 0.05) is 16.6 Å². The van der Waals surface area contributed by atoms with E-state index in [9.17, 15) is 0 Å². The van der Waals surface area contributed by atoms with Crippen LogP contribution in [0.15, 0.2) is 200 Å². The number of nitrogens with zero attached hydrogens (tertiary/aromatic N) is 1. The molecule has 0 aromatic heterocycles. The van der Waals surface area contributed by atoms with Crippen LogP contribution in [0.3, 0.4) is 0 Å². The first kappa shape index (κ1) is 29.2.